The summed E-state index contributed by atoms with van der Waals surface area (Å²) in [7, 11) is 1.95. The van der Waals surface area contributed by atoms with Crippen LogP contribution in [0.15, 0.2) is 6.20 Å². The number of aryl methyl sites for hydroxylation is 1. The minimum atomic E-state index is 0.837. The van der Waals surface area contributed by atoms with Gasteiger partial charge in [0.25, 0.3) is 0 Å². The molecule has 0 bridgehead atoms. The van der Waals surface area contributed by atoms with E-state index in [1.807, 2.05) is 13.2 Å². The molecule has 1 fully saturated rings. The van der Waals surface area contributed by atoms with Crippen LogP contribution in [0, 0.1) is 12.8 Å². The highest BCUT2D eigenvalue weighted by molar-refractivity contribution is 5.33. The molecule has 0 aromatic carbocycles. The molecule has 1 aliphatic rings. The van der Waals surface area contributed by atoms with Gasteiger partial charge in [0.05, 0.1) is 0 Å². The fraction of sp³-hybridized carbons (Fsp3) is 0.733. The molecule has 0 aliphatic carbocycles. The first-order valence-electron chi connectivity index (χ1n) is 7.46. The predicted octanol–water partition coefficient (Wildman–Crippen LogP) is 2.52. The van der Waals surface area contributed by atoms with E-state index in [0.717, 1.165) is 37.2 Å². The van der Waals surface area contributed by atoms with E-state index in [9.17, 15) is 0 Å². The van der Waals surface area contributed by atoms with Crippen LogP contribution in [-0.2, 0) is 6.54 Å². The summed E-state index contributed by atoms with van der Waals surface area (Å²) in [6.45, 7) is 7.41. The molecule has 0 radical (unpaired) electrons. The lowest BCUT2D eigenvalue weighted by molar-refractivity contribution is 0.459. The van der Waals surface area contributed by atoms with Gasteiger partial charge in [-0.3, -0.25) is 0 Å². The second kappa shape index (κ2) is 6.85. The molecule has 1 saturated heterocycles. The van der Waals surface area contributed by atoms with Crippen LogP contribution in [0.2, 0.25) is 0 Å². The van der Waals surface area contributed by atoms with Gasteiger partial charge in [0.2, 0.25) is 5.95 Å². The molecule has 1 aromatic rings. The second-order valence-electron chi connectivity index (χ2n) is 5.50. The number of hydrogen-bond acceptors (Lipinski definition) is 4. The molecule has 0 saturated carbocycles. The molecule has 1 atom stereocenters. The lowest BCUT2D eigenvalue weighted by Gasteiger charge is -2.21. The van der Waals surface area contributed by atoms with E-state index in [1.165, 1.54) is 31.2 Å². The molecule has 4 nitrogen and oxygen atoms in total. The van der Waals surface area contributed by atoms with E-state index in [-0.39, 0.29) is 0 Å². The Morgan fingerprint density at radius 3 is 2.89 bits per heavy atom. The molecule has 19 heavy (non-hydrogen) atoms. The Bertz CT molecular complexity index is 405. The fourth-order valence-electron chi connectivity index (χ4n) is 2.77. The molecule has 0 spiro atoms. The van der Waals surface area contributed by atoms with Crippen molar-refractivity contribution >= 4 is 5.95 Å². The third-order valence-electron chi connectivity index (χ3n) is 4.14. The van der Waals surface area contributed by atoms with Gasteiger partial charge in [0, 0.05) is 37.1 Å². The molecular weight excluding hydrogens is 236 g/mol. The molecule has 1 aliphatic heterocycles. The maximum absolute atomic E-state index is 4.68. The molecule has 2 heterocycles. The van der Waals surface area contributed by atoms with Crippen LogP contribution < -0.4 is 10.2 Å². The summed E-state index contributed by atoms with van der Waals surface area (Å²) in [4.78, 5) is 11.6. The number of nitrogens with zero attached hydrogens (tertiary/aromatic N) is 3. The van der Waals surface area contributed by atoms with E-state index in [1.54, 1.807) is 0 Å². The Kier molecular flexibility index (Phi) is 5.14. The Morgan fingerprint density at radius 2 is 2.21 bits per heavy atom. The van der Waals surface area contributed by atoms with Crippen molar-refractivity contribution in [3.63, 3.8) is 0 Å². The zero-order chi connectivity index (χ0) is 13.7. The van der Waals surface area contributed by atoms with Gasteiger partial charge >= 0.3 is 0 Å². The maximum atomic E-state index is 4.68. The summed E-state index contributed by atoms with van der Waals surface area (Å²) < 4.78 is 0. The number of hydrogen-bond donors (Lipinski definition) is 1. The Morgan fingerprint density at radius 1 is 1.37 bits per heavy atom. The fourth-order valence-corrected chi connectivity index (χ4v) is 2.77. The van der Waals surface area contributed by atoms with Crippen molar-refractivity contribution in [3.8, 4) is 0 Å². The lowest BCUT2D eigenvalue weighted by atomic mass is 9.98. The summed E-state index contributed by atoms with van der Waals surface area (Å²) in [6, 6.07) is 0. The average molecular weight is 262 g/mol. The highest BCUT2D eigenvalue weighted by Crippen LogP contribution is 2.22. The van der Waals surface area contributed by atoms with Gasteiger partial charge < -0.3 is 10.2 Å². The molecule has 0 amide bonds. The van der Waals surface area contributed by atoms with Crippen molar-refractivity contribution < 1.29 is 0 Å². The molecule has 1 N–H and O–H groups in total. The number of anilines is 1. The summed E-state index contributed by atoms with van der Waals surface area (Å²) >= 11 is 0. The van der Waals surface area contributed by atoms with Gasteiger partial charge in [0.15, 0.2) is 0 Å². The van der Waals surface area contributed by atoms with Crippen molar-refractivity contribution in [2.45, 2.75) is 46.1 Å². The van der Waals surface area contributed by atoms with Crippen molar-refractivity contribution in [2.24, 2.45) is 5.92 Å². The van der Waals surface area contributed by atoms with Crippen LogP contribution in [0.3, 0.4) is 0 Å². The Hall–Kier alpha value is -1.16. The van der Waals surface area contributed by atoms with E-state index in [4.69, 9.17) is 0 Å². The highest BCUT2D eigenvalue weighted by atomic mass is 15.2. The monoisotopic (exact) mass is 262 g/mol. The van der Waals surface area contributed by atoms with Crippen LogP contribution in [0.1, 0.15) is 43.9 Å². The van der Waals surface area contributed by atoms with E-state index >= 15 is 0 Å². The predicted molar refractivity (Wildman–Crippen MR) is 79.4 cm³/mol. The number of nitrogens with one attached hydrogen (secondary N) is 1. The van der Waals surface area contributed by atoms with Gasteiger partial charge in [-0.2, -0.15) is 0 Å². The van der Waals surface area contributed by atoms with Crippen molar-refractivity contribution in [1.82, 2.24) is 15.3 Å². The lowest BCUT2D eigenvalue weighted by Crippen LogP contribution is -2.26. The minimum Gasteiger partial charge on any atom is -0.341 e. The average Bonchev–Trinajstić information content (AvgIpc) is 2.66. The van der Waals surface area contributed by atoms with Crippen LogP contribution in [0.4, 0.5) is 5.95 Å². The second-order valence-corrected chi connectivity index (χ2v) is 5.50. The van der Waals surface area contributed by atoms with E-state index in [2.05, 4.69) is 34.0 Å². The summed E-state index contributed by atoms with van der Waals surface area (Å²) in [5.74, 6) is 1.80. The number of aromatic nitrogens is 2. The van der Waals surface area contributed by atoms with Gasteiger partial charge in [-0.15, -0.1) is 0 Å². The first kappa shape index (κ1) is 14.3. The standard InChI is InChI=1S/C15H26N4/c1-4-13-6-5-8-19(9-7-13)15-17-11-14(10-16-3)12(2)18-15/h11,13,16H,4-10H2,1-3H3. The van der Waals surface area contributed by atoms with Gasteiger partial charge in [-0.25, -0.2) is 9.97 Å². The van der Waals surface area contributed by atoms with E-state index in [0.29, 0.717) is 0 Å². The first-order valence-corrected chi connectivity index (χ1v) is 7.46. The van der Waals surface area contributed by atoms with Crippen molar-refractivity contribution in [2.75, 3.05) is 25.0 Å². The SMILES string of the molecule is CCC1CCCN(c2ncc(CNC)c(C)n2)CC1. The Balaban J connectivity index is 2.07. The third-order valence-corrected chi connectivity index (χ3v) is 4.14. The Labute approximate surface area is 116 Å². The highest BCUT2D eigenvalue weighted by Gasteiger charge is 2.18. The van der Waals surface area contributed by atoms with Gasteiger partial charge in [0.1, 0.15) is 0 Å². The zero-order valence-corrected chi connectivity index (χ0v) is 12.4. The maximum Gasteiger partial charge on any atom is 0.225 e. The van der Waals surface area contributed by atoms with E-state index < -0.39 is 0 Å². The minimum absolute atomic E-state index is 0.837. The molecule has 1 unspecified atom stereocenters. The van der Waals surface area contributed by atoms with Crippen molar-refractivity contribution in [1.29, 1.82) is 0 Å². The zero-order valence-electron chi connectivity index (χ0n) is 12.4. The third kappa shape index (κ3) is 3.66. The molecule has 2 rings (SSSR count). The van der Waals surface area contributed by atoms with Crippen LogP contribution in [0.5, 0.6) is 0 Å². The van der Waals surface area contributed by atoms with Gasteiger partial charge in [-0.05, 0) is 39.2 Å². The topological polar surface area (TPSA) is 41.1 Å². The summed E-state index contributed by atoms with van der Waals surface area (Å²) in [6.07, 6.45) is 7.16. The van der Waals surface area contributed by atoms with Crippen LogP contribution >= 0.6 is 0 Å². The quantitative estimate of drug-likeness (QED) is 0.905. The molecule has 4 heteroatoms. The largest absolute Gasteiger partial charge is 0.341 e. The van der Waals surface area contributed by atoms with Crippen LogP contribution in [0.25, 0.3) is 0 Å². The normalized spacial score (nSPS) is 20.4. The number of rotatable bonds is 4. The molecule has 1 aromatic heterocycles. The smallest absolute Gasteiger partial charge is 0.225 e. The van der Waals surface area contributed by atoms with Gasteiger partial charge in [-0.1, -0.05) is 13.3 Å². The molecule has 106 valence electrons. The first-order chi connectivity index (χ1) is 9.24. The summed E-state index contributed by atoms with van der Waals surface area (Å²) in [5.41, 5.74) is 2.28. The molecular formula is C15H26N4. The summed E-state index contributed by atoms with van der Waals surface area (Å²) in [5, 5.41) is 3.15. The van der Waals surface area contributed by atoms with Crippen molar-refractivity contribution in [3.05, 3.63) is 17.5 Å². The van der Waals surface area contributed by atoms with Crippen LogP contribution in [-0.4, -0.2) is 30.1 Å².